The molecule has 0 N–H and O–H groups in total. The first-order valence-corrected chi connectivity index (χ1v) is 9.25. The molecule has 0 radical (unpaired) electrons. The number of rotatable bonds is 4. The molecule has 3 heterocycles. The lowest BCUT2D eigenvalue weighted by Gasteiger charge is -2.33. The maximum Gasteiger partial charge on any atom is 0.308 e. The molecular formula is C17H24N2O3S. The van der Waals surface area contributed by atoms with Gasteiger partial charge in [-0.05, 0) is 54.6 Å². The summed E-state index contributed by atoms with van der Waals surface area (Å²) in [6.45, 7) is 2.80. The van der Waals surface area contributed by atoms with E-state index in [0.29, 0.717) is 38.5 Å². The third kappa shape index (κ3) is 3.75. The molecule has 1 unspecified atom stereocenters. The first-order chi connectivity index (χ1) is 11.2. The number of hydrogen-bond acceptors (Lipinski definition) is 5. The fourth-order valence-corrected chi connectivity index (χ4v) is 4.37. The lowest BCUT2D eigenvalue weighted by atomic mass is 9.97. The number of nitrogens with zero attached hydrogens (tertiary/aromatic N) is 2. The molecule has 1 amide bonds. The van der Waals surface area contributed by atoms with Crippen molar-refractivity contribution in [2.75, 3.05) is 33.3 Å². The number of hydrogen-bond donors (Lipinski definition) is 0. The SMILES string of the molecule is COC(=O)C1CCN(C(=O)CN2CCCC2c2ccsc2)CC1. The number of carbonyl (C=O) groups is 2. The zero-order valence-corrected chi connectivity index (χ0v) is 14.4. The standard InChI is InChI=1S/C17H24N2O3S/c1-22-17(21)13-4-8-18(9-5-13)16(20)11-19-7-2-3-15(19)14-6-10-23-12-14/h6,10,12-13,15H,2-5,7-9,11H2,1H3. The smallest absolute Gasteiger partial charge is 0.308 e. The number of piperidine rings is 1. The highest BCUT2D eigenvalue weighted by Gasteiger charge is 2.32. The van der Waals surface area contributed by atoms with Crippen LogP contribution in [0.25, 0.3) is 0 Å². The van der Waals surface area contributed by atoms with Gasteiger partial charge in [-0.3, -0.25) is 14.5 Å². The highest BCUT2D eigenvalue weighted by Crippen LogP contribution is 2.33. The Morgan fingerprint density at radius 2 is 2.04 bits per heavy atom. The summed E-state index contributed by atoms with van der Waals surface area (Å²) >= 11 is 1.71. The van der Waals surface area contributed by atoms with Gasteiger partial charge in [-0.1, -0.05) is 0 Å². The van der Waals surface area contributed by atoms with Crippen molar-refractivity contribution in [3.63, 3.8) is 0 Å². The molecule has 0 spiro atoms. The van der Waals surface area contributed by atoms with E-state index in [0.717, 1.165) is 19.4 Å². The summed E-state index contributed by atoms with van der Waals surface area (Å²) < 4.78 is 4.80. The van der Waals surface area contributed by atoms with E-state index in [9.17, 15) is 9.59 Å². The van der Waals surface area contributed by atoms with Crippen molar-refractivity contribution in [1.29, 1.82) is 0 Å². The number of thiophene rings is 1. The molecule has 1 aromatic rings. The van der Waals surface area contributed by atoms with Gasteiger partial charge in [0.2, 0.25) is 5.91 Å². The first-order valence-electron chi connectivity index (χ1n) is 8.31. The first kappa shape index (κ1) is 16.5. The molecule has 0 aromatic carbocycles. The molecule has 3 rings (SSSR count). The fraction of sp³-hybridized carbons (Fsp3) is 0.647. The van der Waals surface area contributed by atoms with Gasteiger partial charge in [-0.25, -0.2) is 0 Å². The van der Waals surface area contributed by atoms with Crippen LogP contribution < -0.4 is 0 Å². The van der Waals surface area contributed by atoms with Gasteiger partial charge in [0.1, 0.15) is 0 Å². The van der Waals surface area contributed by atoms with E-state index in [4.69, 9.17) is 4.74 Å². The predicted octanol–water partition coefficient (Wildman–Crippen LogP) is 2.30. The highest BCUT2D eigenvalue weighted by molar-refractivity contribution is 7.07. The molecule has 1 aromatic heterocycles. The molecule has 6 heteroatoms. The number of amides is 1. The quantitative estimate of drug-likeness (QED) is 0.792. The zero-order valence-electron chi connectivity index (χ0n) is 13.6. The van der Waals surface area contributed by atoms with E-state index in [-0.39, 0.29) is 17.8 Å². The van der Waals surface area contributed by atoms with Gasteiger partial charge >= 0.3 is 5.97 Å². The van der Waals surface area contributed by atoms with Crippen LogP contribution in [0.2, 0.25) is 0 Å². The van der Waals surface area contributed by atoms with Crippen LogP contribution in [0.3, 0.4) is 0 Å². The topological polar surface area (TPSA) is 49.9 Å². The second-order valence-electron chi connectivity index (χ2n) is 6.36. The molecule has 1 atom stereocenters. The second kappa shape index (κ2) is 7.45. The third-order valence-corrected chi connectivity index (χ3v) is 5.71. The number of methoxy groups -OCH3 is 1. The molecule has 2 saturated heterocycles. The Balaban J connectivity index is 1.52. The Morgan fingerprint density at radius 3 is 2.70 bits per heavy atom. The summed E-state index contributed by atoms with van der Waals surface area (Å²) in [6.07, 6.45) is 3.71. The van der Waals surface area contributed by atoms with E-state index < -0.39 is 0 Å². The van der Waals surface area contributed by atoms with Crippen molar-refractivity contribution in [1.82, 2.24) is 9.80 Å². The van der Waals surface area contributed by atoms with E-state index >= 15 is 0 Å². The largest absolute Gasteiger partial charge is 0.469 e. The van der Waals surface area contributed by atoms with Gasteiger partial charge < -0.3 is 9.64 Å². The maximum absolute atomic E-state index is 12.6. The van der Waals surface area contributed by atoms with Crippen molar-refractivity contribution < 1.29 is 14.3 Å². The van der Waals surface area contributed by atoms with Crippen LogP contribution in [0.15, 0.2) is 16.8 Å². The average Bonchev–Trinajstić information content (AvgIpc) is 3.25. The Labute approximate surface area is 141 Å². The Hall–Kier alpha value is -1.40. The molecule has 23 heavy (non-hydrogen) atoms. The molecular weight excluding hydrogens is 312 g/mol. The molecule has 126 valence electrons. The van der Waals surface area contributed by atoms with Crippen LogP contribution in [-0.2, 0) is 14.3 Å². The van der Waals surface area contributed by atoms with Crippen LogP contribution in [0, 0.1) is 5.92 Å². The van der Waals surface area contributed by atoms with Crippen molar-refractivity contribution in [3.8, 4) is 0 Å². The van der Waals surface area contributed by atoms with Gasteiger partial charge in [-0.2, -0.15) is 11.3 Å². The van der Waals surface area contributed by atoms with Crippen molar-refractivity contribution >= 4 is 23.2 Å². The lowest BCUT2D eigenvalue weighted by molar-refractivity contribution is -0.149. The molecule has 0 saturated carbocycles. The Bertz CT molecular complexity index is 538. The van der Waals surface area contributed by atoms with Crippen LogP contribution in [0.4, 0.5) is 0 Å². The summed E-state index contributed by atoms with van der Waals surface area (Å²) in [7, 11) is 1.43. The minimum Gasteiger partial charge on any atom is -0.469 e. The van der Waals surface area contributed by atoms with Crippen molar-refractivity contribution in [2.45, 2.75) is 31.7 Å². The summed E-state index contributed by atoms with van der Waals surface area (Å²) in [5, 5.41) is 4.29. The predicted molar refractivity (Wildman–Crippen MR) is 89.2 cm³/mol. The van der Waals surface area contributed by atoms with Crippen LogP contribution in [0.5, 0.6) is 0 Å². The number of carbonyl (C=O) groups excluding carboxylic acids is 2. The lowest BCUT2D eigenvalue weighted by Crippen LogP contribution is -2.45. The summed E-state index contributed by atoms with van der Waals surface area (Å²) in [6, 6.07) is 2.55. The summed E-state index contributed by atoms with van der Waals surface area (Å²) in [4.78, 5) is 28.4. The van der Waals surface area contributed by atoms with E-state index in [1.807, 2.05) is 4.90 Å². The number of esters is 1. The number of likely N-dealkylation sites (tertiary alicyclic amines) is 2. The average molecular weight is 336 g/mol. The Morgan fingerprint density at radius 1 is 1.26 bits per heavy atom. The van der Waals surface area contributed by atoms with E-state index in [2.05, 4.69) is 21.7 Å². The van der Waals surface area contributed by atoms with Gasteiger partial charge in [0.15, 0.2) is 0 Å². The van der Waals surface area contributed by atoms with Gasteiger partial charge in [0, 0.05) is 19.1 Å². The minimum absolute atomic E-state index is 0.0469. The molecule has 2 aliphatic heterocycles. The summed E-state index contributed by atoms with van der Waals surface area (Å²) in [5.74, 6) is -0.000925. The van der Waals surface area contributed by atoms with Crippen LogP contribution >= 0.6 is 11.3 Å². The van der Waals surface area contributed by atoms with E-state index in [1.165, 1.54) is 12.7 Å². The zero-order chi connectivity index (χ0) is 16.2. The second-order valence-corrected chi connectivity index (χ2v) is 7.14. The highest BCUT2D eigenvalue weighted by atomic mass is 32.1. The molecule has 2 fully saturated rings. The Kier molecular flexibility index (Phi) is 5.33. The molecule has 5 nitrogen and oxygen atoms in total. The van der Waals surface area contributed by atoms with Gasteiger partial charge in [0.25, 0.3) is 0 Å². The monoisotopic (exact) mass is 336 g/mol. The molecule has 2 aliphatic rings. The van der Waals surface area contributed by atoms with Gasteiger partial charge in [-0.15, -0.1) is 0 Å². The van der Waals surface area contributed by atoms with E-state index in [1.54, 1.807) is 11.3 Å². The normalized spacial score (nSPS) is 23.2. The molecule has 0 aliphatic carbocycles. The minimum atomic E-state index is -0.144. The fourth-order valence-electron chi connectivity index (χ4n) is 3.66. The van der Waals surface area contributed by atoms with Crippen LogP contribution in [-0.4, -0.2) is 55.0 Å². The molecule has 0 bridgehead atoms. The van der Waals surface area contributed by atoms with Crippen molar-refractivity contribution in [2.24, 2.45) is 5.92 Å². The van der Waals surface area contributed by atoms with Gasteiger partial charge in [0.05, 0.1) is 19.6 Å². The maximum atomic E-state index is 12.6. The third-order valence-electron chi connectivity index (χ3n) is 5.01. The summed E-state index contributed by atoms with van der Waals surface area (Å²) in [5.41, 5.74) is 1.34. The number of ether oxygens (including phenoxy) is 1. The van der Waals surface area contributed by atoms with Crippen LogP contribution in [0.1, 0.15) is 37.3 Å². The van der Waals surface area contributed by atoms with Crippen molar-refractivity contribution in [3.05, 3.63) is 22.4 Å².